The summed E-state index contributed by atoms with van der Waals surface area (Å²) in [7, 11) is 0. The number of carboxylic acid groups (broad SMARTS) is 1. The van der Waals surface area contributed by atoms with Crippen LogP contribution in [0.25, 0.3) is 0 Å². The molecule has 0 saturated heterocycles. The van der Waals surface area contributed by atoms with E-state index >= 15 is 0 Å². The Hall–Kier alpha value is -1.36. The maximum atomic E-state index is 12.3. The van der Waals surface area contributed by atoms with E-state index < -0.39 is 11.5 Å². The smallest absolute Gasteiger partial charge is 0.303 e. The monoisotopic (exact) mass is 353 g/mol. The van der Waals surface area contributed by atoms with Crippen LogP contribution in [0.4, 0.5) is 0 Å². The van der Waals surface area contributed by atoms with Gasteiger partial charge in [-0.05, 0) is 50.3 Å². The third-order valence-corrected chi connectivity index (χ3v) is 4.32. The highest BCUT2D eigenvalue weighted by molar-refractivity contribution is 9.10. The minimum Gasteiger partial charge on any atom is -0.481 e. The van der Waals surface area contributed by atoms with E-state index in [1.165, 1.54) is 5.56 Å². The average Bonchev–Trinajstić information content (AvgIpc) is 3.16. The Morgan fingerprint density at radius 2 is 2.14 bits per heavy atom. The molecule has 21 heavy (non-hydrogen) atoms. The molecule has 1 fully saturated rings. The first-order valence-electron chi connectivity index (χ1n) is 7.08. The minimum absolute atomic E-state index is 0.00315. The van der Waals surface area contributed by atoms with Crippen molar-refractivity contribution in [2.45, 2.75) is 44.6 Å². The molecule has 2 atom stereocenters. The summed E-state index contributed by atoms with van der Waals surface area (Å²) in [5.41, 5.74) is 0.688. The number of carbonyl (C=O) groups is 2. The fraction of sp³-hybridized carbons (Fsp3) is 0.500. The lowest BCUT2D eigenvalue weighted by atomic mass is 9.98. The average molecular weight is 354 g/mol. The number of aliphatic carboxylic acids is 1. The second kappa shape index (κ2) is 6.18. The SMILES string of the molecule is CC(C)(CCC(=O)O)NC(=O)C1CC1c1cccc(Br)c1. The molecule has 2 rings (SSSR count). The number of rotatable bonds is 6. The van der Waals surface area contributed by atoms with Gasteiger partial charge in [-0.15, -0.1) is 0 Å². The van der Waals surface area contributed by atoms with Crippen molar-refractivity contribution in [1.82, 2.24) is 5.32 Å². The summed E-state index contributed by atoms with van der Waals surface area (Å²) in [6.45, 7) is 3.73. The molecule has 1 amide bonds. The van der Waals surface area contributed by atoms with Crippen LogP contribution in [0.3, 0.4) is 0 Å². The van der Waals surface area contributed by atoms with Gasteiger partial charge in [-0.2, -0.15) is 0 Å². The Bertz CT molecular complexity index is 556. The van der Waals surface area contributed by atoms with Crippen molar-refractivity contribution in [3.8, 4) is 0 Å². The largest absolute Gasteiger partial charge is 0.481 e. The van der Waals surface area contributed by atoms with Gasteiger partial charge in [0.05, 0.1) is 0 Å². The first kappa shape index (κ1) is 16.0. The van der Waals surface area contributed by atoms with Crippen molar-refractivity contribution < 1.29 is 14.7 Å². The number of hydrogen-bond acceptors (Lipinski definition) is 2. The van der Waals surface area contributed by atoms with Gasteiger partial charge in [0.25, 0.3) is 0 Å². The Morgan fingerprint density at radius 3 is 2.76 bits per heavy atom. The van der Waals surface area contributed by atoms with Crippen molar-refractivity contribution in [2.75, 3.05) is 0 Å². The molecular formula is C16H20BrNO3. The highest BCUT2D eigenvalue weighted by Crippen LogP contribution is 2.48. The molecule has 1 aromatic rings. The fourth-order valence-corrected chi connectivity index (χ4v) is 2.92. The van der Waals surface area contributed by atoms with E-state index in [0.717, 1.165) is 10.9 Å². The second-order valence-electron chi connectivity index (χ2n) is 6.27. The number of carbonyl (C=O) groups excluding carboxylic acids is 1. The van der Waals surface area contributed by atoms with Crippen LogP contribution in [0.1, 0.15) is 44.6 Å². The maximum absolute atomic E-state index is 12.3. The summed E-state index contributed by atoms with van der Waals surface area (Å²) in [6.07, 6.45) is 1.35. The lowest BCUT2D eigenvalue weighted by Gasteiger charge is -2.25. The van der Waals surface area contributed by atoms with Crippen LogP contribution in [0.5, 0.6) is 0 Å². The van der Waals surface area contributed by atoms with Crippen molar-refractivity contribution in [2.24, 2.45) is 5.92 Å². The van der Waals surface area contributed by atoms with Crippen LogP contribution in [0, 0.1) is 5.92 Å². The normalized spacial score (nSPS) is 20.9. The zero-order chi connectivity index (χ0) is 15.6. The Balaban J connectivity index is 1.89. The number of amides is 1. The Kier molecular flexibility index (Phi) is 4.71. The lowest BCUT2D eigenvalue weighted by Crippen LogP contribution is -2.44. The molecule has 0 aliphatic heterocycles. The summed E-state index contributed by atoms with van der Waals surface area (Å²) in [4.78, 5) is 22.9. The van der Waals surface area contributed by atoms with Crippen molar-refractivity contribution in [3.05, 3.63) is 34.3 Å². The van der Waals surface area contributed by atoms with Gasteiger partial charge in [0, 0.05) is 22.4 Å². The van der Waals surface area contributed by atoms with Crippen LogP contribution >= 0.6 is 15.9 Å². The number of halogens is 1. The molecule has 0 spiro atoms. The molecule has 2 N–H and O–H groups in total. The van der Waals surface area contributed by atoms with Gasteiger partial charge < -0.3 is 10.4 Å². The highest BCUT2D eigenvalue weighted by atomic mass is 79.9. The number of nitrogens with one attached hydrogen (secondary N) is 1. The molecule has 1 saturated carbocycles. The topological polar surface area (TPSA) is 66.4 Å². The quantitative estimate of drug-likeness (QED) is 0.824. The number of benzene rings is 1. The third-order valence-electron chi connectivity index (χ3n) is 3.83. The van der Waals surface area contributed by atoms with Crippen molar-refractivity contribution in [3.63, 3.8) is 0 Å². The van der Waals surface area contributed by atoms with E-state index in [2.05, 4.69) is 21.2 Å². The van der Waals surface area contributed by atoms with Gasteiger partial charge in [-0.25, -0.2) is 0 Å². The van der Waals surface area contributed by atoms with E-state index in [1.807, 2.05) is 38.1 Å². The van der Waals surface area contributed by atoms with Gasteiger partial charge in [-0.3, -0.25) is 9.59 Å². The molecule has 4 nitrogen and oxygen atoms in total. The van der Waals surface area contributed by atoms with E-state index in [1.54, 1.807) is 0 Å². The van der Waals surface area contributed by atoms with Crippen molar-refractivity contribution >= 4 is 27.8 Å². The van der Waals surface area contributed by atoms with Gasteiger partial charge >= 0.3 is 5.97 Å². The third kappa shape index (κ3) is 4.56. The number of hydrogen-bond donors (Lipinski definition) is 2. The second-order valence-corrected chi connectivity index (χ2v) is 7.19. The van der Waals surface area contributed by atoms with Crippen LogP contribution in [0.2, 0.25) is 0 Å². The van der Waals surface area contributed by atoms with Crippen LogP contribution < -0.4 is 5.32 Å². The summed E-state index contributed by atoms with van der Waals surface area (Å²) in [5, 5.41) is 11.7. The number of carboxylic acids is 1. The van der Waals surface area contributed by atoms with Gasteiger partial charge in [0.15, 0.2) is 0 Å². The van der Waals surface area contributed by atoms with Crippen molar-refractivity contribution in [1.29, 1.82) is 0 Å². The highest BCUT2D eigenvalue weighted by Gasteiger charge is 2.45. The molecule has 1 aromatic carbocycles. The van der Waals surface area contributed by atoms with Gasteiger partial charge in [-0.1, -0.05) is 28.1 Å². The zero-order valence-electron chi connectivity index (χ0n) is 12.2. The van der Waals surface area contributed by atoms with E-state index in [9.17, 15) is 9.59 Å². The molecule has 114 valence electrons. The molecule has 1 aliphatic carbocycles. The van der Waals surface area contributed by atoms with E-state index in [-0.39, 0.29) is 24.2 Å². The zero-order valence-corrected chi connectivity index (χ0v) is 13.8. The summed E-state index contributed by atoms with van der Waals surface area (Å²) in [6, 6.07) is 8.03. The molecule has 2 unspecified atom stereocenters. The Morgan fingerprint density at radius 1 is 1.43 bits per heavy atom. The van der Waals surface area contributed by atoms with Gasteiger partial charge in [0.1, 0.15) is 0 Å². The first-order chi connectivity index (χ1) is 9.78. The van der Waals surface area contributed by atoms with Crippen LogP contribution in [-0.2, 0) is 9.59 Å². The fourth-order valence-electron chi connectivity index (χ4n) is 2.50. The minimum atomic E-state index is -0.837. The van der Waals surface area contributed by atoms with Gasteiger partial charge in [0.2, 0.25) is 5.91 Å². The predicted octanol–water partition coefficient (Wildman–Crippen LogP) is 3.31. The lowest BCUT2D eigenvalue weighted by molar-refractivity contribution is -0.138. The molecule has 5 heteroatoms. The molecule has 0 radical (unpaired) electrons. The van der Waals surface area contributed by atoms with Crippen LogP contribution in [-0.4, -0.2) is 22.5 Å². The summed E-state index contributed by atoms with van der Waals surface area (Å²) in [5.74, 6) is -0.535. The first-order valence-corrected chi connectivity index (χ1v) is 7.87. The molecule has 1 aliphatic rings. The standard InChI is InChI=1S/C16H20BrNO3/c1-16(2,7-6-14(19)20)18-15(21)13-9-12(13)10-4-3-5-11(17)8-10/h3-5,8,12-13H,6-7,9H2,1-2H3,(H,18,21)(H,19,20). The van der Waals surface area contributed by atoms with E-state index in [0.29, 0.717) is 6.42 Å². The molecule has 0 aromatic heterocycles. The molecular weight excluding hydrogens is 334 g/mol. The Labute approximate surface area is 133 Å². The maximum Gasteiger partial charge on any atom is 0.303 e. The van der Waals surface area contributed by atoms with E-state index in [4.69, 9.17) is 5.11 Å². The summed E-state index contributed by atoms with van der Waals surface area (Å²) < 4.78 is 1.02. The van der Waals surface area contributed by atoms with Crippen LogP contribution in [0.15, 0.2) is 28.7 Å². The molecule has 0 bridgehead atoms. The predicted molar refractivity (Wildman–Crippen MR) is 84.1 cm³/mol. The molecule has 0 heterocycles. The summed E-state index contributed by atoms with van der Waals surface area (Å²) >= 11 is 3.44.